The van der Waals surface area contributed by atoms with Crippen LogP contribution in [0.1, 0.15) is 11.1 Å². The molecule has 0 atom stereocenters. The van der Waals surface area contributed by atoms with Crippen molar-refractivity contribution < 1.29 is 15.2 Å². The van der Waals surface area contributed by atoms with Gasteiger partial charge in [-0.2, -0.15) is 0 Å². The second-order valence-corrected chi connectivity index (χ2v) is 5.00. The number of hydrogen-bond donors (Lipinski definition) is 2. The van der Waals surface area contributed by atoms with Gasteiger partial charge < -0.3 is 15.2 Å². The van der Waals surface area contributed by atoms with Crippen molar-refractivity contribution in [3.63, 3.8) is 0 Å². The van der Waals surface area contributed by atoms with E-state index in [1.807, 2.05) is 48.5 Å². The van der Waals surface area contributed by atoms with Crippen molar-refractivity contribution in [2.45, 2.75) is 13.2 Å². The Bertz CT molecular complexity index is 511. The van der Waals surface area contributed by atoms with Crippen LogP contribution in [0.25, 0.3) is 0 Å². The Balaban J connectivity index is 1.82. The molecule has 0 bridgehead atoms. The summed E-state index contributed by atoms with van der Waals surface area (Å²) in [5.74, 6) is 0.853. The summed E-state index contributed by atoms with van der Waals surface area (Å²) in [6.45, 7) is 2.35. The van der Waals surface area contributed by atoms with Crippen LogP contribution < -0.4 is 10.1 Å². The molecule has 0 radical (unpaired) electrons. The van der Waals surface area contributed by atoms with Crippen molar-refractivity contribution in [3.05, 3.63) is 64.7 Å². The lowest BCUT2D eigenvalue weighted by Crippen LogP contribution is -2.83. The molecule has 0 aromatic heterocycles. The summed E-state index contributed by atoms with van der Waals surface area (Å²) in [6.07, 6.45) is 0. The van der Waals surface area contributed by atoms with Crippen molar-refractivity contribution in [3.8, 4) is 5.75 Å². The van der Waals surface area contributed by atoms with E-state index in [1.165, 1.54) is 5.56 Å². The average Bonchev–Trinajstić information content (AvgIpc) is 2.48. The molecule has 2 aromatic carbocycles. The Labute approximate surface area is 124 Å². The minimum Gasteiger partial charge on any atom is -0.489 e. The first-order chi connectivity index (χ1) is 9.78. The molecule has 4 heteroatoms. The number of nitrogens with two attached hydrogens (primary N) is 1. The number of rotatable bonds is 7. The van der Waals surface area contributed by atoms with Crippen LogP contribution in [0.4, 0.5) is 0 Å². The molecule has 0 unspecified atom stereocenters. The van der Waals surface area contributed by atoms with Gasteiger partial charge in [-0.1, -0.05) is 23.7 Å². The van der Waals surface area contributed by atoms with Crippen molar-refractivity contribution in [1.82, 2.24) is 0 Å². The minimum absolute atomic E-state index is 0.211. The maximum absolute atomic E-state index is 8.72. The normalized spacial score (nSPS) is 10.5. The van der Waals surface area contributed by atoms with Gasteiger partial charge in [0.05, 0.1) is 13.2 Å². The van der Waals surface area contributed by atoms with E-state index in [2.05, 4.69) is 5.32 Å². The average molecular weight is 293 g/mol. The molecule has 0 amide bonds. The summed E-state index contributed by atoms with van der Waals surface area (Å²) in [4.78, 5) is 0. The molecule has 0 saturated heterocycles. The Morgan fingerprint density at radius 1 is 0.950 bits per heavy atom. The third-order valence-corrected chi connectivity index (χ3v) is 3.21. The zero-order chi connectivity index (χ0) is 14.2. The SMILES string of the molecule is OCC[NH2+]Cc1ccc(OCc2ccc(Cl)cc2)cc1. The Morgan fingerprint density at radius 2 is 1.60 bits per heavy atom. The van der Waals surface area contributed by atoms with Gasteiger partial charge in [-0.05, 0) is 42.0 Å². The Kier molecular flexibility index (Phi) is 5.87. The minimum atomic E-state index is 0.211. The first kappa shape index (κ1) is 14.9. The van der Waals surface area contributed by atoms with Crippen LogP contribution in [0.2, 0.25) is 5.02 Å². The monoisotopic (exact) mass is 292 g/mol. The third-order valence-electron chi connectivity index (χ3n) is 2.96. The number of aliphatic hydroxyl groups excluding tert-OH is 1. The van der Waals surface area contributed by atoms with Gasteiger partial charge >= 0.3 is 0 Å². The van der Waals surface area contributed by atoms with Gasteiger partial charge in [0.15, 0.2) is 0 Å². The Morgan fingerprint density at radius 3 is 2.25 bits per heavy atom. The number of aliphatic hydroxyl groups is 1. The number of halogens is 1. The van der Waals surface area contributed by atoms with E-state index in [9.17, 15) is 0 Å². The largest absolute Gasteiger partial charge is 0.489 e. The molecular weight excluding hydrogens is 274 g/mol. The molecule has 0 saturated carbocycles. The van der Waals surface area contributed by atoms with Gasteiger partial charge in [0.25, 0.3) is 0 Å². The second kappa shape index (κ2) is 7.90. The van der Waals surface area contributed by atoms with E-state index < -0.39 is 0 Å². The van der Waals surface area contributed by atoms with Crippen molar-refractivity contribution in [2.24, 2.45) is 0 Å². The smallest absolute Gasteiger partial charge is 0.119 e. The molecule has 2 rings (SSSR count). The Hall–Kier alpha value is -1.55. The predicted octanol–water partition coefficient (Wildman–Crippen LogP) is 1.97. The highest BCUT2D eigenvalue weighted by Crippen LogP contribution is 2.15. The van der Waals surface area contributed by atoms with Crippen molar-refractivity contribution in [1.29, 1.82) is 0 Å². The topological polar surface area (TPSA) is 46.1 Å². The van der Waals surface area contributed by atoms with E-state index in [0.29, 0.717) is 6.61 Å². The van der Waals surface area contributed by atoms with Gasteiger partial charge in [-0.3, -0.25) is 0 Å². The van der Waals surface area contributed by atoms with Crippen LogP contribution in [0, 0.1) is 0 Å². The molecule has 106 valence electrons. The summed E-state index contributed by atoms with van der Waals surface area (Å²) >= 11 is 5.84. The van der Waals surface area contributed by atoms with Gasteiger partial charge in [-0.15, -0.1) is 0 Å². The highest BCUT2D eigenvalue weighted by Gasteiger charge is 1.99. The summed E-state index contributed by atoms with van der Waals surface area (Å²) in [5, 5.41) is 11.5. The highest BCUT2D eigenvalue weighted by atomic mass is 35.5. The van der Waals surface area contributed by atoms with Gasteiger partial charge in [0, 0.05) is 10.6 Å². The van der Waals surface area contributed by atoms with E-state index in [1.54, 1.807) is 0 Å². The highest BCUT2D eigenvalue weighted by molar-refractivity contribution is 6.30. The molecule has 0 spiro atoms. The van der Waals surface area contributed by atoms with Crippen LogP contribution in [0.15, 0.2) is 48.5 Å². The van der Waals surface area contributed by atoms with E-state index in [-0.39, 0.29) is 6.61 Å². The lowest BCUT2D eigenvalue weighted by molar-refractivity contribution is -0.671. The quantitative estimate of drug-likeness (QED) is 0.767. The van der Waals surface area contributed by atoms with Crippen LogP contribution in [-0.2, 0) is 13.2 Å². The molecule has 3 N–H and O–H groups in total. The molecule has 2 aromatic rings. The second-order valence-electron chi connectivity index (χ2n) is 4.56. The van der Waals surface area contributed by atoms with Crippen LogP contribution in [0.5, 0.6) is 5.75 Å². The molecule has 0 fully saturated rings. The standard InChI is InChI=1S/C16H18ClNO2/c17-15-5-1-14(2-6-15)12-20-16-7-3-13(4-8-16)11-18-9-10-19/h1-8,18-19H,9-12H2/p+1. The summed E-state index contributed by atoms with van der Waals surface area (Å²) < 4.78 is 5.72. The molecule has 20 heavy (non-hydrogen) atoms. The molecular formula is C16H19ClNO2+. The molecule has 0 aliphatic carbocycles. The van der Waals surface area contributed by atoms with E-state index in [0.717, 1.165) is 29.4 Å². The lowest BCUT2D eigenvalue weighted by atomic mass is 10.2. The van der Waals surface area contributed by atoms with Gasteiger partial charge in [0.1, 0.15) is 18.9 Å². The summed E-state index contributed by atoms with van der Waals surface area (Å²) in [7, 11) is 0. The molecule has 0 aliphatic rings. The number of hydrogen-bond acceptors (Lipinski definition) is 2. The molecule has 0 aliphatic heterocycles. The molecule has 0 heterocycles. The third kappa shape index (κ3) is 4.85. The predicted molar refractivity (Wildman–Crippen MR) is 79.8 cm³/mol. The molecule has 3 nitrogen and oxygen atoms in total. The van der Waals surface area contributed by atoms with Crippen LogP contribution in [-0.4, -0.2) is 18.3 Å². The van der Waals surface area contributed by atoms with Crippen molar-refractivity contribution >= 4 is 11.6 Å². The first-order valence-electron chi connectivity index (χ1n) is 6.66. The zero-order valence-electron chi connectivity index (χ0n) is 11.3. The maximum Gasteiger partial charge on any atom is 0.119 e. The van der Waals surface area contributed by atoms with E-state index in [4.69, 9.17) is 21.4 Å². The summed E-state index contributed by atoms with van der Waals surface area (Å²) in [5.41, 5.74) is 2.31. The fraction of sp³-hybridized carbons (Fsp3) is 0.250. The number of quaternary nitrogens is 1. The maximum atomic E-state index is 8.72. The van der Waals surface area contributed by atoms with Crippen molar-refractivity contribution in [2.75, 3.05) is 13.2 Å². The fourth-order valence-corrected chi connectivity index (χ4v) is 1.96. The first-order valence-corrected chi connectivity index (χ1v) is 7.04. The van der Waals surface area contributed by atoms with Gasteiger partial charge in [-0.25, -0.2) is 0 Å². The fourth-order valence-electron chi connectivity index (χ4n) is 1.83. The van der Waals surface area contributed by atoms with Gasteiger partial charge in [0.2, 0.25) is 0 Å². The number of ether oxygens (including phenoxy) is 1. The zero-order valence-corrected chi connectivity index (χ0v) is 12.0. The lowest BCUT2D eigenvalue weighted by Gasteiger charge is -2.07. The number of benzene rings is 2. The van der Waals surface area contributed by atoms with Crippen LogP contribution >= 0.6 is 11.6 Å². The summed E-state index contributed by atoms with van der Waals surface area (Å²) in [6, 6.07) is 15.7. The van der Waals surface area contributed by atoms with Crippen LogP contribution in [0.3, 0.4) is 0 Å². The van der Waals surface area contributed by atoms with E-state index >= 15 is 0 Å².